The molecule has 1 heterocycles. The molecule has 0 radical (unpaired) electrons. The van der Waals surface area contributed by atoms with E-state index in [0.717, 1.165) is 4.90 Å². The minimum absolute atomic E-state index is 0.107. The minimum atomic E-state index is -0.513. The average Bonchev–Trinajstić information content (AvgIpc) is 3.01. The highest BCUT2D eigenvalue weighted by atomic mass is 35.5. The van der Waals surface area contributed by atoms with Gasteiger partial charge in [-0.2, -0.15) is 0 Å². The molecule has 0 unspecified atom stereocenters. The maximum atomic E-state index is 13.4. The smallest absolute Gasteiger partial charge is 0.282 e. The fourth-order valence-corrected chi connectivity index (χ4v) is 3.43. The summed E-state index contributed by atoms with van der Waals surface area (Å²) in [5.74, 6) is -0.726. The van der Waals surface area contributed by atoms with E-state index in [1.54, 1.807) is 48.5 Å². The molecule has 0 atom stereocenters. The zero-order valence-corrected chi connectivity index (χ0v) is 17.3. The highest BCUT2D eigenvalue weighted by Gasteiger charge is 2.40. The molecular formula is C24H18ClFN2O3. The molecule has 156 valence electrons. The Kier molecular flexibility index (Phi) is 5.73. The van der Waals surface area contributed by atoms with Crippen LogP contribution in [-0.4, -0.2) is 18.4 Å². The van der Waals surface area contributed by atoms with Crippen LogP contribution in [0.2, 0.25) is 5.02 Å². The lowest BCUT2D eigenvalue weighted by atomic mass is 10.0. The molecule has 0 saturated carbocycles. The summed E-state index contributed by atoms with van der Waals surface area (Å²) in [5.41, 5.74) is 1.77. The molecule has 3 aromatic carbocycles. The first kappa shape index (κ1) is 20.6. The molecular weight excluding hydrogens is 419 g/mol. The molecule has 4 rings (SSSR count). The fourth-order valence-electron chi connectivity index (χ4n) is 3.30. The largest absolute Gasteiger partial charge is 0.494 e. The van der Waals surface area contributed by atoms with Gasteiger partial charge in [-0.05, 0) is 73.2 Å². The summed E-state index contributed by atoms with van der Waals surface area (Å²) in [6, 6.07) is 18.9. The first-order chi connectivity index (χ1) is 15.0. The van der Waals surface area contributed by atoms with E-state index in [2.05, 4.69) is 5.32 Å². The molecule has 7 heteroatoms. The SMILES string of the molecule is CCOc1ccc(C2=C(Nc3ccc(F)cc3)C(=O)N(c3ccc(Cl)cc3)C2=O)cc1. The quantitative estimate of drug-likeness (QED) is 0.534. The molecule has 0 spiro atoms. The summed E-state index contributed by atoms with van der Waals surface area (Å²) in [6.45, 7) is 2.39. The summed E-state index contributed by atoms with van der Waals surface area (Å²) >= 11 is 5.95. The van der Waals surface area contributed by atoms with Crippen molar-refractivity contribution in [2.24, 2.45) is 0 Å². The number of hydrogen-bond acceptors (Lipinski definition) is 4. The third kappa shape index (κ3) is 4.15. The lowest BCUT2D eigenvalue weighted by molar-refractivity contribution is -0.120. The highest BCUT2D eigenvalue weighted by molar-refractivity contribution is 6.46. The predicted octanol–water partition coefficient (Wildman–Crippen LogP) is 5.27. The Hall–Kier alpha value is -3.64. The summed E-state index contributed by atoms with van der Waals surface area (Å²) in [5, 5.41) is 3.48. The Labute approximate surface area is 183 Å². The van der Waals surface area contributed by atoms with Crippen LogP contribution in [0, 0.1) is 5.82 Å². The van der Waals surface area contributed by atoms with Gasteiger partial charge in [-0.25, -0.2) is 9.29 Å². The molecule has 1 N–H and O–H groups in total. The van der Waals surface area contributed by atoms with Crippen LogP contribution >= 0.6 is 11.6 Å². The molecule has 0 saturated heterocycles. The zero-order chi connectivity index (χ0) is 22.0. The first-order valence-electron chi connectivity index (χ1n) is 9.62. The number of halogens is 2. The van der Waals surface area contributed by atoms with Crippen LogP contribution in [-0.2, 0) is 9.59 Å². The van der Waals surface area contributed by atoms with Crippen molar-refractivity contribution in [2.75, 3.05) is 16.8 Å². The third-order valence-electron chi connectivity index (χ3n) is 4.74. The number of ether oxygens (including phenoxy) is 1. The maximum Gasteiger partial charge on any atom is 0.282 e. The van der Waals surface area contributed by atoms with Crippen LogP contribution in [0.5, 0.6) is 5.75 Å². The van der Waals surface area contributed by atoms with Gasteiger partial charge in [0, 0.05) is 10.7 Å². The lowest BCUT2D eigenvalue weighted by Crippen LogP contribution is -2.32. The van der Waals surface area contributed by atoms with Crippen molar-refractivity contribution >= 4 is 40.4 Å². The van der Waals surface area contributed by atoms with E-state index in [1.807, 2.05) is 6.92 Å². The molecule has 5 nitrogen and oxygen atoms in total. The molecule has 3 aromatic rings. The van der Waals surface area contributed by atoms with Gasteiger partial charge in [0.15, 0.2) is 0 Å². The zero-order valence-electron chi connectivity index (χ0n) is 16.6. The number of carbonyl (C=O) groups is 2. The second-order valence-electron chi connectivity index (χ2n) is 6.76. The molecule has 1 aliphatic rings. The number of amides is 2. The molecule has 0 bridgehead atoms. The first-order valence-corrected chi connectivity index (χ1v) is 10.00. The monoisotopic (exact) mass is 436 g/mol. The Morgan fingerprint density at radius 2 is 1.55 bits per heavy atom. The van der Waals surface area contributed by atoms with Crippen molar-refractivity contribution in [3.05, 3.63) is 94.9 Å². The maximum absolute atomic E-state index is 13.4. The minimum Gasteiger partial charge on any atom is -0.494 e. The topological polar surface area (TPSA) is 58.6 Å². The van der Waals surface area contributed by atoms with Gasteiger partial charge in [0.25, 0.3) is 11.8 Å². The van der Waals surface area contributed by atoms with Crippen molar-refractivity contribution in [3.8, 4) is 5.75 Å². The molecule has 0 aliphatic carbocycles. The number of anilines is 2. The number of rotatable bonds is 6. The summed E-state index contributed by atoms with van der Waals surface area (Å²) in [6.07, 6.45) is 0. The van der Waals surface area contributed by atoms with Gasteiger partial charge in [0.05, 0.1) is 17.9 Å². The normalized spacial score (nSPS) is 13.7. The van der Waals surface area contributed by atoms with Gasteiger partial charge >= 0.3 is 0 Å². The van der Waals surface area contributed by atoms with Crippen LogP contribution in [0.4, 0.5) is 15.8 Å². The Morgan fingerprint density at radius 1 is 0.903 bits per heavy atom. The van der Waals surface area contributed by atoms with E-state index in [-0.39, 0.29) is 11.3 Å². The standard InChI is InChI=1S/C24H18ClFN2O3/c1-2-31-20-13-3-15(4-14-20)21-22(27-18-9-7-17(26)8-10-18)24(30)28(23(21)29)19-11-5-16(25)6-12-19/h3-14,27H,2H2,1H3. The van der Waals surface area contributed by atoms with E-state index in [0.29, 0.717) is 34.3 Å². The molecule has 1 aliphatic heterocycles. The predicted molar refractivity (Wildman–Crippen MR) is 118 cm³/mol. The Morgan fingerprint density at radius 3 is 2.16 bits per heavy atom. The molecule has 31 heavy (non-hydrogen) atoms. The van der Waals surface area contributed by atoms with E-state index in [4.69, 9.17) is 16.3 Å². The van der Waals surface area contributed by atoms with Crippen molar-refractivity contribution < 1.29 is 18.7 Å². The van der Waals surface area contributed by atoms with Crippen LogP contribution < -0.4 is 15.0 Å². The highest BCUT2D eigenvalue weighted by Crippen LogP contribution is 2.34. The number of imide groups is 1. The molecule has 0 fully saturated rings. The van der Waals surface area contributed by atoms with Crippen molar-refractivity contribution in [2.45, 2.75) is 6.92 Å². The number of benzene rings is 3. The van der Waals surface area contributed by atoms with Crippen LogP contribution in [0.25, 0.3) is 5.57 Å². The average molecular weight is 437 g/mol. The van der Waals surface area contributed by atoms with E-state index in [9.17, 15) is 14.0 Å². The van der Waals surface area contributed by atoms with Gasteiger partial charge in [-0.3, -0.25) is 9.59 Å². The third-order valence-corrected chi connectivity index (χ3v) is 4.99. The summed E-state index contributed by atoms with van der Waals surface area (Å²) < 4.78 is 18.8. The van der Waals surface area contributed by atoms with E-state index < -0.39 is 17.6 Å². The van der Waals surface area contributed by atoms with Gasteiger partial charge in [0.1, 0.15) is 17.3 Å². The van der Waals surface area contributed by atoms with Crippen LogP contribution in [0.3, 0.4) is 0 Å². The van der Waals surface area contributed by atoms with Crippen molar-refractivity contribution in [1.82, 2.24) is 0 Å². The number of nitrogens with one attached hydrogen (secondary N) is 1. The van der Waals surface area contributed by atoms with Crippen molar-refractivity contribution in [1.29, 1.82) is 0 Å². The lowest BCUT2D eigenvalue weighted by Gasteiger charge is -2.15. The van der Waals surface area contributed by atoms with Gasteiger partial charge < -0.3 is 10.1 Å². The van der Waals surface area contributed by atoms with E-state index in [1.165, 1.54) is 24.3 Å². The Bertz CT molecular complexity index is 1160. The number of nitrogens with zero attached hydrogens (tertiary/aromatic N) is 1. The van der Waals surface area contributed by atoms with Gasteiger partial charge in [-0.15, -0.1) is 0 Å². The summed E-state index contributed by atoms with van der Waals surface area (Å²) in [4.78, 5) is 27.7. The van der Waals surface area contributed by atoms with E-state index >= 15 is 0 Å². The van der Waals surface area contributed by atoms with Gasteiger partial charge in [-0.1, -0.05) is 23.7 Å². The number of carbonyl (C=O) groups excluding carboxylic acids is 2. The molecule has 2 amide bonds. The Balaban J connectivity index is 1.78. The number of hydrogen-bond donors (Lipinski definition) is 1. The second-order valence-corrected chi connectivity index (χ2v) is 7.20. The molecule has 0 aromatic heterocycles. The van der Waals surface area contributed by atoms with Crippen LogP contribution in [0.15, 0.2) is 78.5 Å². The second kappa shape index (κ2) is 8.62. The van der Waals surface area contributed by atoms with Gasteiger partial charge in [0.2, 0.25) is 0 Å². The fraction of sp³-hybridized carbons (Fsp3) is 0.0833. The van der Waals surface area contributed by atoms with Crippen molar-refractivity contribution in [3.63, 3.8) is 0 Å². The summed E-state index contributed by atoms with van der Waals surface area (Å²) in [7, 11) is 0. The van der Waals surface area contributed by atoms with Crippen LogP contribution in [0.1, 0.15) is 12.5 Å².